The van der Waals surface area contributed by atoms with Crippen molar-refractivity contribution in [1.82, 2.24) is 14.9 Å². The third-order valence-electron chi connectivity index (χ3n) is 3.78. The number of anilines is 1. The molecule has 10 heteroatoms. The zero-order valence-electron chi connectivity index (χ0n) is 14.1. The van der Waals surface area contributed by atoms with Gasteiger partial charge in [-0.1, -0.05) is 0 Å². The monoisotopic (exact) mass is 424 g/mol. The van der Waals surface area contributed by atoms with Gasteiger partial charge in [0.05, 0.1) is 5.56 Å². The Morgan fingerprint density at radius 2 is 1.80 bits per heavy atom. The topological polar surface area (TPSA) is 61.7 Å². The predicted octanol–water partition coefficient (Wildman–Crippen LogP) is 0.436. The van der Waals surface area contributed by atoms with Crippen molar-refractivity contribution >= 4 is 22.8 Å². The average Bonchev–Trinajstić information content (AvgIpc) is 2.54. The van der Waals surface area contributed by atoms with Gasteiger partial charge in [-0.25, -0.2) is 0 Å². The summed E-state index contributed by atoms with van der Waals surface area (Å²) < 4.78 is 43.5. The Morgan fingerprint density at radius 1 is 1.20 bits per heavy atom. The Morgan fingerprint density at radius 3 is 2.32 bits per heavy atom. The van der Waals surface area contributed by atoms with Crippen molar-refractivity contribution in [3.63, 3.8) is 0 Å². The first-order chi connectivity index (χ1) is 11.8. The van der Waals surface area contributed by atoms with Crippen molar-refractivity contribution in [1.29, 1.82) is 0 Å². The van der Waals surface area contributed by atoms with Crippen molar-refractivity contribution in [3.05, 3.63) is 18.0 Å². The van der Waals surface area contributed by atoms with Crippen LogP contribution in [0.4, 0.5) is 19.1 Å². The number of β-amino-alcohol motifs (C(OH)–C–C–N with tert-alkyl or cyclic N) is 1. The summed E-state index contributed by atoms with van der Waals surface area (Å²) in [6.07, 6.45) is -3.34. The van der Waals surface area contributed by atoms with Crippen LogP contribution >= 0.6 is 0 Å². The maximum absolute atomic E-state index is 12.5. The van der Waals surface area contributed by atoms with E-state index in [1.165, 1.54) is 0 Å². The molecule has 3 atom stereocenters. The zero-order chi connectivity index (χ0) is 18.4. The molecule has 6 nitrogen and oxygen atoms in total. The van der Waals surface area contributed by atoms with Gasteiger partial charge in [0.2, 0.25) is 0 Å². The summed E-state index contributed by atoms with van der Waals surface area (Å²) in [5.41, 5.74) is -0.847. The molecule has 0 amide bonds. The van der Waals surface area contributed by atoms with Gasteiger partial charge in [-0.2, -0.15) is 13.2 Å². The standard InChI is InChI=1S/C15H24AsF3N4O2/c1-11(16)9-25-10-13(24)8-22-2-4-23(5-3-22)14-20-6-12(7-21-14)15(17,18)19/h6-7,11,13,24H,2-5,8-10,16H2,1H3. The summed E-state index contributed by atoms with van der Waals surface area (Å²) in [4.78, 5) is 11.6. The summed E-state index contributed by atoms with van der Waals surface area (Å²) in [6.45, 7) is 6.15. The van der Waals surface area contributed by atoms with Gasteiger partial charge in [0.1, 0.15) is 0 Å². The van der Waals surface area contributed by atoms with Crippen LogP contribution in [0.25, 0.3) is 0 Å². The number of nitrogens with zero attached hydrogens (tertiary/aromatic N) is 4. The molecule has 1 saturated heterocycles. The van der Waals surface area contributed by atoms with E-state index in [4.69, 9.17) is 4.74 Å². The second-order valence-corrected chi connectivity index (χ2v) is 8.61. The minimum atomic E-state index is -4.42. The molecule has 1 fully saturated rings. The molecule has 25 heavy (non-hydrogen) atoms. The van der Waals surface area contributed by atoms with Crippen LogP contribution in [-0.2, 0) is 10.9 Å². The molecule has 1 N–H and O–H groups in total. The Kier molecular flexibility index (Phi) is 7.49. The van der Waals surface area contributed by atoms with E-state index in [2.05, 4.69) is 21.8 Å². The number of piperazine rings is 1. The number of ether oxygens (including phenoxy) is 1. The van der Waals surface area contributed by atoms with Gasteiger partial charge in [0.15, 0.2) is 0 Å². The predicted molar refractivity (Wildman–Crippen MR) is 90.5 cm³/mol. The van der Waals surface area contributed by atoms with Crippen LogP contribution in [-0.4, -0.2) is 88.9 Å². The van der Waals surface area contributed by atoms with Crippen molar-refractivity contribution < 1.29 is 23.0 Å². The normalized spacial score (nSPS) is 19.0. The molecule has 0 radical (unpaired) electrons. The molecule has 3 unspecified atom stereocenters. The number of hydrogen-bond acceptors (Lipinski definition) is 6. The van der Waals surface area contributed by atoms with Crippen LogP contribution in [0.1, 0.15) is 12.5 Å². The Balaban J connectivity index is 1.75. The molecular formula is C15H24AsF3N4O2. The summed E-state index contributed by atoms with van der Waals surface area (Å²) in [7, 11) is 0. The molecule has 1 aromatic rings. The van der Waals surface area contributed by atoms with Crippen LogP contribution in [0.2, 0.25) is 4.71 Å². The van der Waals surface area contributed by atoms with Crippen molar-refractivity contribution in [2.75, 3.05) is 50.8 Å². The summed E-state index contributed by atoms with van der Waals surface area (Å²) >= 11 is 1.61. The van der Waals surface area contributed by atoms with E-state index in [0.29, 0.717) is 56.6 Å². The number of aliphatic hydroxyl groups is 1. The van der Waals surface area contributed by atoms with E-state index in [0.717, 1.165) is 12.4 Å². The van der Waals surface area contributed by atoms with E-state index >= 15 is 0 Å². The van der Waals surface area contributed by atoms with Gasteiger partial charge in [-0.05, 0) is 0 Å². The van der Waals surface area contributed by atoms with Gasteiger partial charge in [0, 0.05) is 12.4 Å². The van der Waals surface area contributed by atoms with Crippen LogP contribution in [0.5, 0.6) is 0 Å². The van der Waals surface area contributed by atoms with Crippen molar-refractivity contribution in [2.45, 2.75) is 23.9 Å². The molecule has 0 spiro atoms. The molecule has 1 aromatic heterocycles. The fourth-order valence-corrected chi connectivity index (χ4v) is 2.79. The molecule has 1 aliphatic heterocycles. The van der Waals surface area contributed by atoms with E-state index in [-0.39, 0.29) is 0 Å². The molecule has 1 aliphatic rings. The van der Waals surface area contributed by atoms with Crippen LogP contribution in [0.3, 0.4) is 0 Å². The fourth-order valence-electron chi connectivity index (χ4n) is 2.50. The van der Waals surface area contributed by atoms with Gasteiger partial charge in [0.25, 0.3) is 0 Å². The fraction of sp³-hybridized carbons (Fsp3) is 0.733. The number of hydrogen-bond donors (Lipinski definition) is 1. The third kappa shape index (κ3) is 6.73. The number of aliphatic hydroxyl groups excluding tert-OH is 1. The van der Waals surface area contributed by atoms with E-state index in [9.17, 15) is 18.3 Å². The molecule has 0 bridgehead atoms. The van der Waals surface area contributed by atoms with E-state index < -0.39 is 17.8 Å². The molecule has 2 rings (SSSR count). The second-order valence-electron chi connectivity index (χ2n) is 6.23. The summed E-state index contributed by atoms with van der Waals surface area (Å²) in [5.74, 6) is 0.301. The molecular weight excluding hydrogens is 400 g/mol. The van der Waals surface area contributed by atoms with Crippen LogP contribution < -0.4 is 4.90 Å². The number of alkyl halides is 3. The average molecular weight is 424 g/mol. The first-order valence-corrected chi connectivity index (χ1v) is 9.53. The SMILES string of the molecule is CC([AsH2])COCC(O)CN1CCN(c2ncc(C(F)(F)F)cn2)CC1. The molecule has 0 aromatic carbocycles. The summed E-state index contributed by atoms with van der Waals surface area (Å²) in [5, 5.41) is 10.00. The van der Waals surface area contributed by atoms with Crippen LogP contribution in [0.15, 0.2) is 12.4 Å². The number of rotatable bonds is 7. The third-order valence-corrected chi connectivity index (χ3v) is 4.18. The number of halogens is 3. The summed E-state index contributed by atoms with van der Waals surface area (Å²) in [6, 6.07) is 0. The minimum absolute atomic E-state index is 0.301. The Hall–Kier alpha value is -0.892. The van der Waals surface area contributed by atoms with Crippen molar-refractivity contribution in [2.24, 2.45) is 0 Å². The first-order valence-electron chi connectivity index (χ1n) is 8.13. The van der Waals surface area contributed by atoms with Gasteiger partial charge >= 0.3 is 122 Å². The first kappa shape index (κ1) is 20.4. The van der Waals surface area contributed by atoms with Gasteiger partial charge in [-0.3, -0.25) is 0 Å². The Bertz CT molecular complexity index is 523. The van der Waals surface area contributed by atoms with Crippen molar-refractivity contribution in [3.8, 4) is 0 Å². The zero-order valence-corrected chi connectivity index (χ0v) is 16.5. The number of aromatic nitrogens is 2. The quantitative estimate of drug-likeness (QED) is 0.642. The maximum atomic E-state index is 12.5. The Labute approximate surface area is 153 Å². The second kappa shape index (κ2) is 9.16. The van der Waals surface area contributed by atoms with E-state index in [1.807, 2.05) is 4.90 Å². The van der Waals surface area contributed by atoms with Gasteiger partial charge in [-0.15, -0.1) is 0 Å². The van der Waals surface area contributed by atoms with Crippen LogP contribution in [0, 0.1) is 0 Å². The molecule has 2 heterocycles. The molecule has 0 saturated carbocycles. The molecule has 142 valence electrons. The molecule has 0 aliphatic carbocycles. The van der Waals surface area contributed by atoms with E-state index in [1.54, 1.807) is 16.9 Å². The van der Waals surface area contributed by atoms with Gasteiger partial charge < -0.3 is 0 Å².